The molecule has 2 aromatic rings. The van der Waals surface area contributed by atoms with Gasteiger partial charge in [-0.25, -0.2) is 4.79 Å². The second-order valence-electron chi connectivity index (χ2n) is 9.47. The van der Waals surface area contributed by atoms with Gasteiger partial charge in [-0.1, -0.05) is 24.3 Å². The summed E-state index contributed by atoms with van der Waals surface area (Å²) in [5, 5.41) is 3.31. The molecule has 1 aliphatic heterocycles. The van der Waals surface area contributed by atoms with E-state index in [1.165, 1.54) is 14.2 Å². The van der Waals surface area contributed by atoms with E-state index < -0.39 is 35.5 Å². The van der Waals surface area contributed by atoms with Crippen LogP contribution in [-0.2, 0) is 23.9 Å². The summed E-state index contributed by atoms with van der Waals surface area (Å²) in [6.45, 7) is 5.48. The van der Waals surface area contributed by atoms with E-state index in [0.717, 1.165) is 5.56 Å². The van der Waals surface area contributed by atoms with Crippen molar-refractivity contribution in [2.45, 2.75) is 39.0 Å². The SMILES string of the molecule is CCOC(=O)C1=C(C)NC2=C(C(=O)[C@H](C(=O)OCC)[C@H](c3ccc(OC)cc3)C2)[C@@H]1c1cccc(OC)c1OC. The molecule has 9 nitrogen and oxygen atoms in total. The number of nitrogens with one attached hydrogen (secondary N) is 1. The van der Waals surface area contributed by atoms with Crippen molar-refractivity contribution >= 4 is 17.7 Å². The van der Waals surface area contributed by atoms with E-state index >= 15 is 0 Å². The van der Waals surface area contributed by atoms with Crippen molar-refractivity contribution in [3.8, 4) is 17.2 Å². The highest BCUT2D eigenvalue weighted by Crippen LogP contribution is 2.51. The molecule has 4 rings (SSSR count). The average molecular weight is 550 g/mol. The molecule has 0 saturated heterocycles. The third-order valence-electron chi connectivity index (χ3n) is 7.34. The molecule has 0 unspecified atom stereocenters. The Morgan fingerprint density at radius 1 is 0.925 bits per heavy atom. The minimum Gasteiger partial charge on any atom is -0.497 e. The monoisotopic (exact) mass is 549 g/mol. The van der Waals surface area contributed by atoms with Crippen molar-refractivity contribution in [2.24, 2.45) is 5.92 Å². The standard InChI is InChI=1S/C31H35NO8/c1-7-39-30(34)24-17(3)32-22-16-21(18-12-14-19(36-4)15-13-18)26(31(35)40-8-2)28(33)27(22)25(24)20-10-9-11-23(37-5)29(20)38-6/h9-15,21,25-26,32H,7-8,16H2,1-6H3/t21-,25+,26+/m0/s1. The van der Waals surface area contributed by atoms with Crippen LogP contribution in [0.1, 0.15) is 50.2 Å². The van der Waals surface area contributed by atoms with E-state index in [0.29, 0.717) is 46.2 Å². The lowest BCUT2D eigenvalue weighted by Crippen LogP contribution is -2.43. The first-order valence-electron chi connectivity index (χ1n) is 13.2. The Kier molecular flexibility index (Phi) is 8.82. The van der Waals surface area contributed by atoms with Crippen LogP contribution >= 0.6 is 0 Å². The van der Waals surface area contributed by atoms with Gasteiger partial charge in [-0.15, -0.1) is 0 Å². The Bertz CT molecular complexity index is 1360. The highest BCUT2D eigenvalue weighted by Gasteiger charge is 2.49. The lowest BCUT2D eigenvalue weighted by atomic mass is 9.67. The minimum atomic E-state index is -1.12. The van der Waals surface area contributed by atoms with Crippen LogP contribution in [0.3, 0.4) is 0 Å². The minimum absolute atomic E-state index is 0.127. The summed E-state index contributed by atoms with van der Waals surface area (Å²) in [5.74, 6) is -2.56. The van der Waals surface area contributed by atoms with Gasteiger partial charge < -0.3 is 29.0 Å². The fourth-order valence-electron chi connectivity index (χ4n) is 5.63. The number of ketones is 1. The zero-order valence-electron chi connectivity index (χ0n) is 23.7. The number of benzene rings is 2. The van der Waals surface area contributed by atoms with Crippen LogP contribution in [0, 0.1) is 5.92 Å². The van der Waals surface area contributed by atoms with Crippen LogP contribution in [-0.4, -0.2) is 52.3 Å². The van der Waals surface area contributed by atoms with E-state index in [4.69, 9.17) is 23.7 Å². The smallest absolute Gasteiger partial charge is 0.336 e. The number of rotatable bonds is 9. The number of esters is 2. The fraction of sp³-hybridized carbons (Fsp3) is 0.387. The van der Waals surface area contributed by atoms with Gasteiger partial charge in [-0.2, -0.15) is 0 Å². The zero-order chi connectivity index (χ0) is 29.0. The van der Waals surface area contributed by atoms with Crippen molar-refractivity contribution < 1.29 is 38.1 Å². The Hall–Kier alpha value is -4.27. The third kappa shape index (κ3) is 5.15. The number of hydrogen-bond acceptors (Lipinski definition) is 9. The van der Waals surface area contributed by atoms with Crippen LogP contribution in [0.15, 0.2) is 65.0 Å². The topological polar surface area (TPSA) is 109 Å². The number of carbonyl (C=O) groups is 3. The van der Waals surface area contributed by atoms with E-state index in [2.05, 4.69) is 5.32 Å². The number of para-hydroxylation sites is 1. The summed E-state index contributed by atoms with van der Waals surface area (Å²) in [6, 6.07) is 12.6. The van der Waals surface area contributed by atoms with Gasteiger partial charge in [0.15, 0.2) is 17.3 Å². The molecule has 1 N–H and O–H groups in total. The van der Waals surface area contributed by atoms with Crippen LogP contribution in [0.25, 0.3) is 0 Å². The molecule has 0 amide bonds. The molecule has 2 aliphatic rings. The maximum absolute atomic E-state index is 14.5. The lowest BCUT2D eigenvalue weighted by molar-refractivity contribution is -0.152. The number of allylic oxidation sites excluding steroid dienone is 3. The molecule has 0 bridgehead atoms. The average Bonchev–Trinajstić information content (AvgIpc) is 2.95. The summed E-state index contributed by atoms with van der Waals surface area (Å²) in [4.78, 5) is 41.2. The Balaban J connectivity index is 1.95. The molecule has 3 atom stereocenters. The predicted molar refractivity (Wildman–Crippen MR) is 147 cm³/mol. The molecule has 212 valence electrons. The predicted octanol–water partition coefficient (Wildman–Crippen LogP) is 4.43. The third-order valence-corrected chi connectivity index (χ3v) is 7.34. The first-order valence-corrected chi connectivity index (χ1v) is 13.2. The molecular weight excluding hydrogens is 514 g/mol. The van der Waals surface area contributed by atoms with Gasteiger partial charge in [-0.3, -0.25) is 9.59 Å². The molecule has 0 spiro atoms. The van der Waals surface area contributed by atoms with E-state index in [-0.39, 0.29) is 18.8 Å². The fourth-order valence-corrected chi connectivity index (χ4v) is 5.63. The van der Waals surface area contributed by atoms with Gasteiger partial charge in [0.05, 0.1) is 46.0 Å². The summed E-state index contributed by atoms with van der Waals surface area (Å²) in [7, 11) is 4.60. The number of ether oxygens (including phenoxy) is 5. The van der Waals surface area contributed by atoms with Gasteiger partial charge in [0.25, 0.3) is 0 Å². The zero-order valence-corrected chi connectivity index (χ0v) is 23.7. The van der Waals surface area contributed by atoms with E-state index in [1.807, 2.05) is 12.1 Å². The van der Waals surface area contributed by atoms with Crippen molar-refractivity contribution in [3.05, 3.63) is 76.1 Å². The van der Waals surface area contributed by atoms with Gasteiger partial charge in [0.1, 0.15) is 11.7 Å². The molecule has 2 aromatic carbocycles. The highest BCUT2D eigenvalue weighted by atomic mass is 16.5. The number of dihydropyridines is 1. The van der Waals surface area contributed by atoms with Crippen molar-refractivity contribution in [1.82, 2.24) is 5.32 Å². The van der Waals surface area contributed by atoms with Gasteiger partial charge in [0.2, 0.25) is 0 Å². The molecule has 0 saturated carbocycles. The first kappa shape index (κ1) is 28.7. The number of hydrogen-bond donors (Lipinski definition) is 1. The van der Waals surface area contributed by atoms with Gasteiger partial charge in [-0.05, 0) is 51.0 Å². The number of Topliss-reactive ketones (excluding diaryl/α,β-unsaturated/α-hetero) is 1. The molecule has 1 heterocycles. The molecule has 0 fully saturated rings. The maximum Gasteiger partial charge on any atom is 0.336 e. The van der Waals surface area contributed by atoms with Crippen LogP contribution in [0.2, 0.25) is 0 Å². The summed E-state index contributed by atoms with van der Waals surface area (Å²) in [6.07, 6.45) is 0.340. The lowest BCUT2D eigenvalue weighted by Gasteiger charge is -2.39. The Morgan fingerprint density at radius 3 is 2.23 bits per heavy atom. The summed E-state index contributed by atoms with van der Waals surface area (Å²) in [5.41, 5.74) is 3.12. The normalized spacial score (nSPS) is 20.4. The van der Waals surface area contributed by atoms with E-state index in [1.54, 1.807) is 58.2 Å². The van der Waals surface area contributed by atoms with Crippen LogP contribution < -0.4 is 19.5 Å². The number of methoxy groups -OCH3 is 3. The molecule has 0 radical (unpaired) electrons. The second-order valence-corrected chi connectivity index (χ2v) is 9.47. The molecule has 40 heavy (non-hydrogen) atoms. The Morgan fingerprint density at radius 2 is 1.62 bits per heavy atom. The summed E-state index contributed by atoms with van der Waals surface area (Å²) < 4.78 is 27.4. The molecular formula is C31H35NO8. The molecule has 1 aliphatic carbocycles. The Labute approximate surface area is 234 Å². The first-order chi connectivity index (χ1) is 19.3. The quantitative estimate of drug-likeness (QED) is 0.359. The molecule has 9 heteroatoms. The highest BCUT2D eigenvalue weighted by molar-refractivity contribution is 6.13. The number of carbonyl (C=O) groups excluding carboxylic acids is 3. The summed E-state index contributed by atoms with van der Waals surface area (Å²) >= 11 is 0. The molecule has 0 aromatic heterocycles. The van der Waals surface area contributed by atoms with E-state index in [9.17, 15) is 14.4 Å². The van der Waals surface area contributed by atoms with Gasteiger partial charge in [0, 0.05) is 28.4 Å². The van der Waals surface area contributed by atoms with Crippen LogP contribution in [0.5, 0.6) is 17.2 Å². The maximum atomic E-state index is 14.5. The second kappa shape index (κ2) is 12.3. The van der Waals surface area contributed by atoms with Crippen molar-refractivity contribution in [2.75, 3.05) is 34.5 Å². The van der Waals surface area contributed by atoms with Gasteiger partial charge >= 0.3 is 11.9 Å². The van der Waals surface area contributed by atoms with Crippen molar-refractivity contribution in [3.63, 3.8) is 0 Å². The van der Waals surface area contributed by atoms with Crippen LogP contribution in [0.4, 0.5) is 0 Å². The largest absolute Gasteiger partial charge is 0.497 e. The van der Waals surface area contributed by atoms with Crippen molar-refractivity contribution in [1.29, 1.82) is 0 Å².